The van der Waals surface area contributed by atoms with E-state index in [0.29, 0.717) is 12.0 Å². The molecular weight excluding hydrogens is 284 g/mol. The molecule has 4 aliphatic rings. The fourth-order valence-electron chi connectivity index (χ4n) is 4.86. The van der Waals surface area contributed by atoms with Crippen molar-refractivity contribution in [2.75, 3.05) is 0 Å². The van der Waals surface area contributed by atoms with Gasteiger partial charge in [0.2, 0.25) is 0 Å². The zero-order chi connectivity index (χ0) is 15.9. The first kappa shape index (κ1) is 14.0. The minimum atomic E-state index is -0.427. The SMILES string of the molecule is C=C1C(=O)O[C@@H]2C3C(C)=CC[C@@]34O[C@@]4(C)C[C@H](OC(C)=O)[C@@H]12. The van der Waals surface area contributed by atoms with Crippen LogP contribution in [0, 0.1) is 11.8 Å². The summed E-state index contributed by atoms with van der Waals surface area (Å²) in [6.07, 6.45) is 2.78. The molecule has 4 rings (SSSR count). The van der Waals surface area contributed by atoms with Crippen molar-refractivity contribution >= 4 is 11.9 Å². The van der Waals surface area contributed by atoms with Crippen molar-refractivity contribution in [1.82, 2.24) is 0 Å². The van der Waals surface area contributed by atoms with Crippen molar-refractivity contribution < 1.29 is 23.8 Å². The van der Waals surface area contributed by atoms with Gasteiger partial charge in [-0.2, -0.15) is 0 Å². The van der Waals surface area contributed by atoms with E-state index in [9.17, 15) is 9.59 Å². The predicted octanol–water partition coefficient (Wildman–Crippen LogP) is 1.91. The third-order valence-corrected chi connectivity index (χ3v) is 5.88. The maximum absolute atomic E-state index is 12.1. The van der Waals surface area contributed by atoms with Gasteiger partial charge in [0.25, 0.3) is 0 Å². The van der Waals surface area contributed by atoms with Crippen LogP contribution < -0.4 is 0 Å². The van der Waals surface area contributed by atoms with E-state index in [1.54, 1.807) is 0 Å². The van der Waals surface area contributed by atoms with Gasteiger partial charge in [0.15, 0.2) is 0 Å². The molecule has 0 aromatic heterocycles. The molecule has 0 N–H and O–H groups in total. The van der Waals surface area contributed by atoms with Crippen LogP contribution in [0.5, 0.6) is 0 Å². The zero-order valence-electron chi connectivity index (χ0n) is 13.0. The number of rotatable bonds is 1. The molecule has 0 amide bonds. The molecule has 22 heavy (non-hydrogen) atoms. The molecule has 118 valence electrons. The molecule has 1 unspecified atom stereocenters. The molecule has 2 heterocycles. The maximum Gasteiger partial charge on any atom is 0.334 e. The topological polar surface area (TPSA) is 65.1 Å². The number of epoxide rings is 1. The highest BCUT2D eigenvalue weighted by molar-refractivity contribution is 5.91. The zero-order valence-corrected chi connectivity index (χ0v) is 13.0. The Balaban J connectivity index is 1.80. The Morgan fingerprint density at radius 3 is 2.91 bits per heavy atom. The summed E-state index contributed by atoms with van der Waals surface area (Å²) < 4.78 is 17.3. The summed E-state index contributed by atoms with van der Waals surface area (Å²) in [4.78, 5) is 23.6. The van der Waals surface area contributed by atoms with Gasteiger partial charge in [-0.3, -0.25) is 4.79 Å². The Morgan fingerprint density at radius 1 is 1.50 bits per heavy atom. The van der Waals surface area contributed by atoms with Crippen LogP contribution in [0.4, 0.5) is 0 Å². The standard InChI is InChI=1S/C17H20O5/c1-8-5-6-17-13(8)14-12(9(2)15(19)21-14)11(20-10(3)18)7-16(17,4)22-17/h5,11-14H,2,6-7H2,1,3-4H3/t11-,12+,13?,14-,16-,17+/m0/s1. The minimum absolute atomic E-state index is 0.0197. The van der Waals surface area contributed by atoms with Crippen LogP contribution in [0.15, 0.2) is 23.8 Å². The number of carbonyl (C=O) groups is 2. The molecule has 6 atom stereocenters. The van der Waals surface area contributed by atoms with Crippen molar-refractivity contribution in [3.05, 3.63) is 23.8 Å². The van der Waals surface area contributed by atoms with E-state index in [2.05, 4.69) is 26.5 Å². The summed E-state index contributed by atoms with van der Waals surface area (Å²) >= 11 is 0. The molecular formula is C17H20O5. The van der Waals surface area contributed by atoms with Crippen LogP contribution in [0.3, 0.4) is 0 Å². The second-order valence-electron chi connectivity index (χ2n) is 7.13. The Kier molecular flexibility index (Phi) is 2.56. The molecule has 5 nitrogen and oxygen atoms in total. The van der Waals surface area contributed by atoms with Crippen molar-refractivity contribution in [2.45, 2.75) is 57.0 Å². The lowest BCUT2D eigenvalue weighted by Gasteiger charge is -2.29. The molecule has 0 aromatic rings. The van der Waals surface area contributed by atoms with Crippen molar-refractivity contribution in [2.24, 2.45) is 11.8 Å². The fraction of sp³-hybridized carbons (Fsp3) is 0.647. The van der Waals surface area contributed by atoms with E-state index in [-0.39, 0.29) is 41.1 Å². The summed E-state index contributed by atoms with van der Waals surface area (Å²) in [6, 6.07) is 0. The second kappa shape index (κ2) is 4.02. The normalized spacial score (nSPS) is 48.6. The van der Waals surface area contributed by atoms with Gasteiger partial charge in [-0.05, 0) is 20.3 Å². The molecule has 2 aliphatic carbocycles. The second-order valence-corrected chi connectivity index (χ2v) is 7.13. The van der Waals surface area contributed by atoms with Crippen molar-refractivity contribution in [3.8, 4) is 0 Å². The molecule has 1 spiro atoms. The Bertz CT molecular complexity index is 635. The quantitative estimate of drug-likeness (QED) is 0.320. The van der Waals surface area contributed by atoms with Gasteiger partial charge in [0.1, 0.15) is 17.8 Å². The van der Waals surface area contributed by atoms with E-state index in [4.69, 9.17) is 14.2 Å². The van der Waals surface area contributed by atoms with E-state index in [0.717, 1.165) is 6.42 Å². The van der Waals surface area contributed by atoms with Crippen LogP contribution >= 0.6 is 0 Å². The van der Waals surface area contributed by atoms with Gasteiger partial charge in [-0.15, -0.1) is 0 Å². The number of fused-ring (bicyclic) bond motifs is 2. The smallest absolute Gasteiger partial charge is 0.334 e. The highest BCUT2D eigenvalue weighted by Gasteiger charge is 2.77. The van der Waals surface area contributed by atoms with E-state index in [1.807, 2.05) is 0 Å². The molecule has 0 bridgehead atoms. The third-order valence-electron chi connectivity index (χ3n) is 5.88. The largest absolute Gasteiger partial charge is 0.462 e. The number of esters is 2. The first-order valence-electron chi connectivity index (χ1n) is 7.73. The average Bonchev–Trinajstić information content (AvgIpc) is 2.68. The molecule has 5 heteroatoms. The Hall–Kier alpha value is -1.62. The van der Waals surface area contributed by atoms with Gasteiger partial charge >= 0.3 is 11.9 Å². The predicted molar refractivity (Wildman–Crippen MR) is 76.8 cm³/mol. The van der Waals surface area contributed by atoms with E-state index in [1.165, 1.54) is 12.5 Å². The number of hydrogen-bond donors (Lipinski definition) is 0. The monoisotopic (exact) mass is 304 g/mol. The van der Waals surface area contributed by atoms with Gasteiger partial charge in [-0.25, -0.2) is 4.79 Å². The van der Waals surface area contributed by atoms with Crippen LogP contribution in [0.1, 0.15) is 33.6 Å². The first-order valence-corrected chi connectivity index (χ1v) is 7.73. The van der Waals surface area contributed by atoms with Gasteiger partial charge in [0.05, 0.1) is 11.5 Å². The molecule has 3 fully saturated rings. The number of carbonyl (C=O) groups excluding carboxylic acids is 2. The fourth-order valence-corrected chi connectivity index (χ4v) is 4.86. The van der Waals surface area contributed by atoms with Gasteiger partial charge in [0, 0.05) is 24.8 Å². The minimum Gasteiger partial charge on any atom is -0.462 e. The summed E-state index contributed by atoms with van der Waals surface area (Å²) in [6.45, 7) is 9.40. The summed E-state index contributed by atoms with van der Waals surface area (Å²) in [5.41, 5.74) is 0.934. The van der Waals surface area contributed by atoms with Gasteiger partial charge in [-0.1, -0.05) is 18.2 Å². The number of ether oxygens (including phenoxy) is 3. The lowest BCUT2D eigenvalue weighted by Crippen LogP contribution is -2.39. The summed E-state index contributed by atoms with van der Waals surface area (Å²) in [5, 5.41) is 0. The highest BCUT2D eigenvalue weighted by Crippen LogP contribution is 2.67. The van der Waals surface area contributed by atoms with Crippen LogP contribution in [0.25, 0.3) is 0 Å². The van der Waals surface area contributed by atoms with Crippen LogP contribution in [-0.4, -0.2) is 35.3 Å². The Morgan fingerprint density at radius 2 is 2.23 bits per heavy atom. The van der Waals surface area contributed by atoms with Crippen LogP contribution in [0.2, 0.25) is 0 Å². The molecule has 1 saturated carbocycles. The maximum atomic E-state index is 12.1. The van der Waals surface area contributed by atoms with Crippen molar-refractivity contribution in [3.63, 3.8) is 0 Å². The molecule has 2 saturated heterocycles. The average molecular weight is 304 g/mol. The highest BCUT2D eigenvalue weighted by atomic mass is 16.6. The van der Waals surface area contributed by atoms with E-state index >= 15 is 0 Å². The summed E-state index contributed by atoms with van der Waals surface area (Å²) in [5.74, 6) is -1.00. The lowest BCUT2D eigenvalue weighted by molar-refractivity contribution is -0.151. The lowest BCUT2D eigenvalue weighted by atomic mass is 9.78. The van der Waals surface area contributed by atoms with E-state index < -0.39 is 6.10 Å². The third kappa shape index (κ3) is 1.52. The molecule has 2 aliphatic heterocycles. The molecule has 0 aromatic carbocycles. The van der Waals surface area contributed by atoms with Crippen LogP contribution in [-0.2, 0) is 23.8 Å². The number of hydrogen-bond acceptors (Lipinski definition) is 5. The first-order chi connectivity index (χ1) is 10.3. The van der Waals surface area contributed by atoms with Crippen molar-refractivity contribution in [1.29, 1.82) is 0 Å². The van der Waals surface area contributed by atoms with Gasteiger partial charge < -0.3 is 14.2 Å². The molecule has 0 radical (unpaired) electrons. The summed E-state index contributed by atoms with van der Waals surface area (Å²) in [7, 11) is 0. The Labute approximate surface area is 129 Å².